The third-order valence-corrected chi connectivity index (χ3v) is 5.66. The smallest absolute Gasteiger partial charge is 0.234 e. The van der Waals surface area contributed by atoms with Crippen LogP contribution in [0.5, 0.6) is 0 Å². The Morgan fingerprint density at radius 3 is 3.10 bits per heavy atom. The second kappa shape index (κ2) is 6.08. The number of carbonyl (C=O) groups is 1. The van der Waals surface area contributed by atoms with Gasteiger partial charge in [0.25, 0.3) is 0 Å². The van der Waals surface area contributed by atoms with Gasteiger partial charge in [0.1, 0.15) is 0 Å². The van der Waals surface area contributed by atoms with Crippen LogP contribution in [0.4, 0.5) is 0 Å². The molecule has 1 aliphatic rings. The van der Waals surface area contributed by atoms with Gasteiger partial charge in [0.2, 0.25) is 5.91 Å². The molecule has 1 unspecified atom stereocenters. The lowest BCUT2D eigenvalue weighted by Gasteiger charge is -2.32. The number of hydrogen-bond acceptors (Lipinski definition) is 4. The van der Waals surface area contributed by atoms with Gasteiger partial charge in [-0.25, -0.2) is 0 Å². The van der Waals surface area contributed by atoms with E-state index in [4.69, 9.17) is 0 Å². The Morgan fingerprint density at radius 1 is 1.40 bits per heavy atom. The first-order valence-electron chi connectivity index (χ1n) is 6.83. The molecule has 0 saturated heterocycles. The molecule has 0 radical (unpaired) electrons. The van der Waals surface area contributed by atoms with Crippen LogP contribution in [-0.2, 0) is 17.8 Å². The zero-order chi connectivity index (χ0) is 13.9. The van der Waals surface area contributed by atoms with E-state index in [9.17, 15) is 4.79 Å². The first-order chi connectivity index (χ1) is 9.74. The van der Waals surface area contributed by atoms with Crippen LogP contribution in [0.15, 0.2) is 29.0 Å². The van der Waals surface area contributed by atoms with Crippen molar-refractivity contribution in [1.29, 1.82) is 0 Å². The van der Waals surface area contributed by atoms with E-state index in [2.05, 4.69) is 28.6 Å². The fraction of sp³-hybridized carbons (Fsp3) is 0.400. The van der Waals surface area contributed by atoms with E-state index in [1.807, 2.05) is 28.8 Å². The minimum Gasteiger partial charge on any atom is -0.350 e. The quantitative estimate of drug-likeness (QED) is 0.941. The Bertz CT molecular complexity index is 576. The summed E-state index contributed by atoms with van der Waals surface area (Å²) >= 11 is 3.51. The Balaban J connectivity index is 1.54. The number of hydrogen-bond donors (Lipinski definition) is 1. The molecular weight excluding hydrogens is 288 g/mol. The number of thiophene rings is 2. The van der Waals surface area contributed by atoms with Gasteiger partial charge in [-0.1, -0.05) is 6.07 Å². The van der Waals surface area contributed by atoms with Gasteiger partial charge < -0.3 is 5.32 Å². The minimum atomic E-state index is 0.115. The highest BCUT2D eigenvalue weighted by atomic mass is 32.1. The molecule has 1 amide bonds. The van der Waals surface area contributed by atoms with E-state index in [-0.39, 0.29) is 5.91 Å². The maximum atomic E-state index is 12.1. The maximum Gasteiger partial charge on any atom is 0.234 e. The summed E-state index contributed by atoms with van der Waals surface area (Å²) in [5, 5.41) is 7.19. The van der Waals surface area contributed by atoms with E-state index in [0.717, 1.165) is 13.0 Å². The SMILES string of the molecule is CC1c2ccsc2CCN1CC(=O)NCc1cccs1. The Kier molecular flexibility index (Phi) is 4.19. The van der Waals surface area contributed by atoms with Crippen LogP contribution in [0.1, 0.15) is 28.3 Å². The molecule has 1 aliphatic heterocycles. The third kappa shape index (κ3) is 2.95. The minimum absolute atomic E-state index is 0.115. The monoisotopic (exact) mass is 306 g/mol. The summed E-state index contributed by atoms with van der Waals surface area (Å²) in [6, 6.07) is 6.60. The molecule has 0 bridgehead atoms. The summed E-state index contributed by atoms with van der Waals surface area (Å²) in [6.45, 7) is 4.29. The van der Waals surface area contributed by atoms with Gasteiger partial charge in [-0.05, 0) is 41.8 Å². The first kappa shape index (κ1) is 13.8. The number of rotatable bonds is 4. The molecule has 1 atom stereocenters. The molecule has 1 N–H and O–H groups in total. The Hall–Kier alpha value is -1.17. The van der Waals surface area contributed by atoms with Gasteiger partial charge in [0.15, 0.2) is 0 Å². The van der Waals surface area contributed by atoms with Crippen LogP contribution in [0, 0.1) is 0 Å². The summed E-state index contributed by atoms with van der Waals surface area (Å²) in [4.78, 5) is 17.0. The van der Waals surface area contributed by atoms with Crippen molar-refractivity contribution in [3.63, 3.8) is 0 Å². The molecule has 3 nitrogen and oxygen atoms in total. The van der Waals surface area contributed by atoms with E-state index >= 15 is 0 Å². The van der Waals surface area contributed by atoms with E-state index in [1.54, 1.807) is 11.3 Å². The second-order valence-corrected chi connectivity index (χ2v) is 7.08. The zero-order valence-corrected chi connectivity index (χ0v) is 13.1. The molecule has 0 saturated carbocycles. The first-order valence-corrected chi connectivity index (χ1v) is 8.59. The van der Waals surface area contributed by atoms with Crippen molar-refractivity contribution >= 4 is 28.6 Å². The number of nitrogens with one attached hydrogen (secondary N) is 1. The normalized spacial score (nSPS) is 18.8. The number of carbonyl (C=O) groups excluding carboxylic acids is 1. The Morgan fingerprint density at radius 2 is 2.30 bits per heavy atom. The fourth-order valence-electron chi connectivity index (χ4n) is 2.62. The van der Waals surface area contributed by atoms with Crippen LogP contribution in [0.3, 0.4) is 0 Å². The number of fused-ring (bicyclic) bond motifs is 1. The highest BCUT2D eigenvalue weighted by Gasteiger charge is 2.25. The molecule has 0 fully saturated rings. The molecular formula is C15H18N2OS2. The standard InChI is InChI=1S/C15H18N2OS2/c1-11-13-5-8-20-14(13)4-6-17(11)10-15(18)16-9-12-3-2-7-19-12/h2-3,5,7-8,11H,4,6,9-10H2,1H3,(H,16,18). The van der Waals surface area contributed by atoms with Crippen LogP contribution in [-0.4, -0.2) is 23.9 Å². The lowest BCUT2D eigenvalue weighted by atomic mass is 10.0. The van der Waals surface area contributed by atoms with Crippen molar-refractivity contribution in [2.24, 2.45) is 0 Å². The molecule has 3 heterocycles. The molecule has 0 aromatic carbocycles. The Labute approximate surface area is 127 Å². The van der Waals surface area contributed by atoms with Crippen LogP contribution in [0.25, 0.3) is 0 Å². The topological polar surface area (TPSA) is 32.3 Å². The summed E-state index contributed by atoms with van der Waals surface area (Å²) in [5.74, 6) is 0.115. The van der Waals surface area contributed by atoms with Crippen molar-refractivity contribution in [3.05, 3.63) is 44.3 Å². The van der Waals surface area contributed by atoms with Crippen LogP contribution >= 0.6 is 22.7 Å². The average Bonchev–Trinajstić information content (AvgIpc) is 3.10. The molecule has 5 heteroatoms. The number of amides is 1. The van der Waals surface area contributed by atoms with Crippen LogP contribution in [0.2, 0.25) is 0 Å². The second-order valence-electron chi connectivity index (χ2n) is 5.05. The van der Waals surface area contributed by atoms with E-state index in [0.29, 0.717) is 19.1 Å². The van der Waals surface area contributed by atoms with Crippen molar-refractivity contribution in [2.45, 2.75) is 25.9 Å². The van der Waals surface area contributed by atoms with Crippen molar-refractivity contribution in [3.8, 4) is 0 Å². The van der Waals surface area contributed by atoms with Crippen molar-refractivity contribution in [1.82, 2.24) is 10.2 Å². The molecule has 2 aromatic rings. The number of nitrogens with zero attached hydrogens (tertiary/aromatic N) is 1. The maximum absolute atomic E-state index is 12.1. The highest BCUT2D eigenvalue weighted by molar-refractivity contribution is 7.10. The molecule has 20 heavy (non-hydrogen) atoms. The summed E-state index contributed by atoms with van der Waals surface area (Å²) < 4.78 is 0. The van der Waals surface area contributed by atoms with Crippen molar-refractivity contribution < 1.29 is 4.79 Å². The highest BCUT2D eigenvalue weighted by Crippen LogP contribution is 2.32. The van der Waals surface area contributed by atoms with Gasteiger partial charge in [-0.2, -0.15) is 0 Å². The summed E-state index contributed by atoms with van der Waals surface area (Å²) in [7, 11) is 0. The van der Waals surface area contributed by atoms with Gasteiger partial charge in [-0.15, -0.1) is 22.7 Å². The van der Waals surface area contributed by atoms with E-state index in [1.165, 1.54) is 15.3 Å². The van der Waals surface area contributed by atoms with Gasteiger partial charge >= 0.3 is 0 Å². The van der Waals surface area contributed by atoms with Gasteiger partial charge in [0.05, 0.1) is 13.1 Å². The molecule has 0 spiro atoms. The predicted molar refractivity (Wildman–Crippen MR) is 84.2 cm³/mol. The summed E-state index contributed by atoms with van der Waals surface area (Å²) in [6.07, 6.45) is 1.07. The molecule has 106 valence electrons. The third-order valence-electron chi connectivity index (χ3n) is 3.79. The van der Waals surface area contributed by atoms with Crippen molar-refractivity contribution in [2.75, 3.05) is 13.1 Å². The predicted octanol–water partition coefficient (Wildman–Crippen LogP) is 3.05. The lowest BCUT2D eigenvalue weighted by Crippen LogP contribution is -2.41. The van der Waals surface area contributed by atoms with E-state index < -0.39 is 0 Å². The zero-order valence-electron chi connectivity index (χ0n) is 11.5. The molecule has 3 rings (SSSR count). The summed E-state index contributed by atoms with van der Waals surface area (Å²) in [5.41, 5.74) is 1.40. The van der Waals surface area contributed by atoms with Crippen LogP contribution < -0.4 is 5.32 Å². The average molecular weight is 306 g/mol. The van der Waals surface area contributed by atoms with Gasteiger partial charge in [0, 0.05) is 22.3 Å². The molecule has 0 aliphatic carbocycles. The van der Waals surface area contributed by atoms with Gasteiger partial charge in [-0.3, -0.25) is 9.69 Å². The molecule has 2 aromatic heterocycles. The lowest BCUT2D eigenvalue weighted by molar-refractivity contribution is -0.123. The fourth-order valence-corrected chi connectivity index (χ4v) is 4.22. The largest absolute Gasteiger partial charge is 0.350 e.